The Morgan fingerprint density at radius 2 is 1.56 bits per heavy atom. The van der Waals surface area contributed by atoms with Crippen LogP contribution < -0.4 is 20.4 Å². The predicted octanol–water partition coefficient (Wildman–Crippen LogP) is 5.04. The first-order valence-corrected chi connectivity index (χ1v) is 11.2. The fourth-order valence-electron chi connectivity index (χ4n) is 4.30. The molecule has 0 aliphatic heterocycles. The van der Waals surface area contributed by atoms with Crippen LogP contribution in [-0.2, 0) is 17.8 Å². The Balaban J connectivity index is 1.53. The number of hydrogen-bond donors (Lipinski definition) is 1. The van der Waals surface area contributed by atoms with E-state index >= 15 is 0 Å². The van der Waals surface area contributed by atoms with Crippen molar-refractivity contribution in [3.05, 3.63) is 68.3 Å². The van der Waals surface area contributed by atoms with E-state index in [1.807, 2.05) is 45.9 Å². The minimum Gasteiger partial charge on any atom is -0.493 e. The number of methoxy groups -OCH3 is 2. The summed E-state index contributed by atoms with van der Waals surface area (Å²) in [6.07, 6.45) is 0.470. The van der Waals surface area contributed by atoms with Gasteiger partial charge in [-0.2, -0.15) is 0 Å². The van der Waals surface area contributed by atoms with Crippen molar-refractivity contribution in [2.75, 3.05) is 14.2 Å². The summed E-state index contributed by atoms with van der Waals surface area (Å²) >= 11 is 0. The smallest absolute Gasteiger partial charge is 0.339 e. The monoisotopic (exact) mass is 463 g/mol. The minimum atomic E-state index is -0.417. The van der Waals surface area contributed by atoms with Gasteiger partial charge in [0.2, 0.25) is 5.91 Å². The van der Waals surface area contributed by atoms with Crippen LogP contribution in [0.5, 0.6) is 11.5 Å². The van der Waals surface area contributed by atoms with Crippen LogP contribution in [0.2, 0.25) is 0 Å². The zero-order valence-corrected chi connectivity index (χ0v) is 20.4. The van der Waals surface area contributed by atoms with Gasteiger partial charge in [0.1, 0.15) is 16.9 Å². The van der Waals surface area contributed by atoms with Crippen LogP contribution in [0.15, 0.2) is 37.9 Å². The molecule has 0 atom stereocenters. The third kappa shape index (κ3) is 4.14. The van der Waals surface area contributed by atoms with Gasteiger partial charge < -0.3 is 23.6 Å². The summed E-state index contributed by atoms with van der Waals surface area (Å²) in [6.45, 7) is 8.10. The van der Waals surface area contributed by atoms with Crippen molar-refractivity contribution in [3.8, 4) is 11.5 Å². The van der Waals surface area contributed by atoms with Gasteiger partial charge in [-0.05, 0) is 69.0 Å². The predicted molar refractivity (Wildman–Crippen MR) is 131 cm³/mol. The van der Waals surface area contributed by atoms with Gasteiger partial charge in [0.15, 0.2) is 11.5 Å². The molecule has 4 rings (SSSR count). The van der Waals surface area contributed by atoms with Crippen LogP contribution in [0, 0.1) is 27.7 Å². The zero-order valence-electron chi connectivity index (χ0n) is 20.4. The highest BCUT2D eigenvalue weighted by Gasteiger charge is 2.19. The maximum Gasteiger partial charge on any atom is 0.339 e. The summed E-state index contributed by atoms with van der Waals surface area (Å²) in [5.74, 6) is 1.93. The van der Waals surface area contributed by atoms with Crippen LogP contribution in [0.25, 0.3) is 21.9 Å². The molecule has 2 heterocycles. The SMILES string of the molecule is COc1ccc(CNC(=O)CCc2c(C)c3cc4c(C)c(C)oc4c(C)c3oc2=O)cc1OC. The summed E-state index contributed by atoms with van der Waals surface area (Å²) in [4.78, 5) is 25.3. The van der Waals surface area contributed by atoms with Gasteiger partial charge in [-0.15, -0.1) is 0 Å². The van der Waals surface area contributed by atoms with E-state index in [-0.39, 0.29) is 12.3 Å². The largest absolute Gasteiger partial charge is 0.493 e. The molecule has 0 bridgehead atoms. The number of hydrogen-bond acceptors (Lipinski definition) is 6. The highest BCUT2D eigenvalue weighted by atomic mass is 16.5. The first-order chi connectivity index (χ1) is 16.2. The fraction of sp³-hybridized carbons (Fsp3) is 0.333. The molecule has 0 unspecified atom stereocenters. The van der Waals surface area contributed by atoms with Crippen LogP contribution >= 0.6 is 0 Å². The zero-order chi connectivity index (χ0) is 24.6. The number of rotatable bonds is 7. The van der Waals surface area contributed by atoms with Crippen molar-refractivity contribution >= 4 is 27.8 Å². The Labute approximate surface area is 197 Å². The number of nitrogens with one attached hydrogen (secondary N) is 1. The Morgan fingerprint density at radius 1 is 0.882 bits per heavy atom. The molecule has 0 spiro atoms. The van der Waals surface area contributed by atoms with E-state index in [1.165, 1.54) is 0 Å². The second kappa shape index (κ2) is 9.25. The van der Waals surface area contributed by atoms with Crippen molar-refractivity contribution in [1.29, 1.82) is 0 Å². The van der Waals surface area contributed by atoms with Gasteiger partial charge in [0.05, 0.1) is 14.2 Å². The normalized spacial score (nSPS) is 11.2. The van der Waals surface area contributed by atoms with E-state index in [1.54, 1.807) is 20.3 Å². The van der Waals surface area contributed by atoms with Crippen molar-refractivity contribution < 1.29 is 23.1 Å². The molecule has 4 aromatic rings. The van der Waals surface area contributed by atoms with Crippen LogP contribution in [0.3, 0.4) is 0 Å². The summed E-state index contributed by atoms with van der Waals surface area (Å²) < 4.78 is 22.1. The molecule has 2 aromatic heterocycles. The van der Waals surface area contributed by atoms with E-state index in [0.29, 0.717) is 35.6 Å². The van der Waals surface area contributed by atoms with Gasteiger partial charge in [-0.1, -0.05) is 6.07 Å². The second-order valence-corrected chi connectivity index (χ2v) is 8.50. The molecule has 2 aromatic carbocycles. The molecule has 7 heteroatoms. The Kier molecular flexibility index (Phi) is 6.37. The first kappa shape index (κ1) is 23.4. The maximum atomic E-state index is 12.8. The number of carbonyl (C=O) groups excluding carboxylic acids is 1. The standard InChI is InChI=1S/C27H29NO6/c1-14-17(4)33-25-16(3)26-21(12-20(14)25)15(2)19(27(30)34-26)8-10-24(29)28-13-18-7-9-22(31-5)23(11-18)32-6/h7,9,11-12H,8,10,13H2,1-6H3,(H,28,29). The van der Waals surface area contributed by atoms with Crippen LogP contribution in [0.1, 0.15) is 40.0 Å². The topological polar surface area (TPSA) is 90.9 Å². The van der Waals surface area contributed by atoms with Crippen molar-refractivity contribution in [1.82, 2.24) is 5.32 Å². The Morgan fingerprint density at radius 3 is 2.26 bits per heavy atom. The van der Waals surface area contributed by atoms with E-state index in [0.717, 1.165) is 44.4 Å². The van der Waals surface area contributed by atoms with Gasteiger partial charge in [-0.25, -0.2) is 4.79 Å². The molecule has 34 heavy (non-hydrogen) atoms. The average molecular weight is 464 g/mol. The van der Waals surface area contributed by atoms with Gasteiger partial charge in [-0.3, -0.25) is 4.79 Å². The lowest BCUT2D eigenvalue weighted by molar-refractivity contribution is -0.121. The first-order valence-electron chi connectivity index (χ1n) is 11.2. The average Bonchev–Trinajstić information content (AvgIpc) is 3.12. The summed E-state index contributed by atoms with van der Waals surface area (Å²) in [5.41, 5.74) is 4.98. The summed E-state index contributed by atoms with van der Waals surface area (Å²) in [5, 5.41) is 4.78. The number of carbonyl (C=O) groups is 1. The fourth-order valence-corrected chi connectivity index (χ4v) is 4.30. The van der Waals surface area contributed by atoms with Gasteiger partial charge >= 0.3 is 5.63 Å². The molecular weight excluding hydrogens is 434 g/mol. The molecule has 0 fully saturated rings. The summed E-state index contributed by atoms with van der Waals surface area (Å²) in [7, 11) is 3.14. The number of benzene rings is 2. The molecule has 178 valence electrons. The molecule has 0 aliphatic carbocycles. The molecule has 0 saturated carbocycles. The number of fused-ring (bicyclic) bond motifs is 2. The molecule has 1 N–H and O–H groups in total. The molecule has 0 radical (unpaired) electrons. The molecule has 7 nitrogen and oxygen atoms in total. The lowest BCUT2D eigenvalue weighted by Gasteiger charge is -2.11. The van der Waals surface area contributed by atoms with Crippen LogP contribution in [0.4, 0.5) is 0 Å². The molecular formula is C27H29NO6. The van der Waals surface area contributed by atoms with Crippen LogP contribution in [-0.4, -0.2) is 20.1 Å². The number of aryl methyl sites for hydroxylation is 4. The quantitative estimate of drug-likeness (QED) is 0.386. The Hall–Kier alpha value is -3.74. The van der Waals surface area contributed by atoms with E-state index < -0.39 is 5.63 Å². The molecule has 0 aliphatic rings. The Bertz CT molecular complexity index is 1460. The summed E-state index contributed by atoms with van der Waals surface area (Å²) in [6, 6.07) is 7.50. The third-order valence-electron chi connectivity index (χ3n) is 6.48. The molecule has 0 saturated heterocycles. The highest BCUT2D eigenvalue weighted by Crippen LogP contribution is 2.34. The third-order valence-corrected chi connectivity index (χ3v) is 6.48. The van der Waals surface area contributed by atoms with Crippen molar-refractivity contribution in [2.24, 2.45) is 0 Å². The highest BCUT2D eigenvalue weighted by molar-refractivity contribution is 6.00. The van der Waals surface area contributed by atoms with Crippen molar-refractivity contribution in [3.63, 3.8) is 0 Å². The van der Waals surface area contributed by atoms with Gasteiger partial charge in [0, 0.05) is 34.9 Å². The lowest BCUT2D eigenvalue weighted by atomic mass is 9.98. The second-order valence-electron chi connectivity index (χ2n) is 8.50. The van der Waals surface area contributed by atoms with Gasteiger partial charge in [0.25, 0.3) is 0 Å². The van der Waals surface area contributed by atoms with E-state index in [2.05, 4.69) is 5.32 Å². The minimum absolute atomic E-state index is 0.151. The number of furan rings is 1. The number of amides is 1. The van der Waals surface area contributed by atoms with E-state index in [9.17, 15) is 9.59 Å². The van der Waals surface area contributed by atoms with Crippen molar-refractivity contribution in [2.45, 2.75) is 47.1 Å². The van der Waals surface area contributed by atoms with E-state index in [4.69, 9.17) is 18.3 Å². The lowest BCUT2D eigenvalue weighted by Crippen LogP contribution is -2.24. The maximum absolute atomic E-state index is 12.8. The molecule has 1 amide bonds. The number of ether oxygens (including phenoxy) is 2.